The SMILES string of the molecule is CN(C)c1nccnc1N1CC(Oc2ccccc2F)C1. The third-order valence-electron chi connectivity index (χ3n) is 3.36. The van der Waals surface area contributed by atoms with Gasteiger partial charge >= 0.3 is 0 Å². The summed E-state index contributed by atoms with van der Waals surface area (Å²) < 4.78 is 19.2. The molecule has 110 valence electrons. The van der Waals surface area contributed by atoms with Crippen molar-refractivity contribution in [2.45, 2.75) is 6.10 Å². The van der Waals surface area contributed by atoms with Crippen LogP contribution in [0.1, 0.15) is 0 Å². The van der Waals surface area contributed by atoms with E-state index in [0.29, 0.717) is 18.8 Å². The number of nitrogens with zero attached hydrogens (tertiary/aromatic N) is 4. The second-order valence-corrected chi connectivity index (χ2v) is 5.17. The Morgan fingerprint density at radius 3 is 2.62 bits per heavy atom. The Bertz CT molecular complexity index is 629. The topological polar surface area (TPSA) is 41.5 Å². The molecule has 0 atom stereocenters. The molecule has 0 bridgehead atoms. The van der Waals surface area contributed by atoms with E-state index >= 15 is 0 Å². The first-order valence-electron chi connectivity index (χ1n) is 6.79. The molecule has 2 heterocycles. The van der Waals surface area contributed by atoms with E-state index in [4.69, 9.17) is 4.74 Å². The van der Waals surface area contributed by atoms with E-state index in [9.17, 15) is 4.39 Å². The van der Waals surface area contributed by atoms with E-state index in [1.807, 2.05) is 19.0 Å². The summed E-state index contributed by atoms with van der Waals surface area (Å²) in [6.07, 6.45) is 3.32. The van der Waals surface area contributed by atoms with Crippen LogP contribution in [0.5, 0.6) is 5.75 Å². The van der Waals surface area contributed by atoms with Crippen molar-refractivity contribution in [2.75, 3.05) is 37.0 Å². The molecule has 3 rings (SSSR count). The Kier molecular flexibility index (Phi) is 3.60. The first-order chi connectivity index (χ1) is 10.1. The fourth-order valence-corrected chi connectivity index (χ4v) is 2.27. The molecule has 1 aromatic heterocycles. The molecule has 1 saturated heterocycles. The van der Waals surface area contributed by atoms with Gasteiger partial charge in [-0.05, 0) is 12.1 Å². The average molecular weight is 288 g/mol. The Balaban J connectivity index is 1.65. The van der Waals surface area contributed by atoms with Gasteiger partial charge in [-0.15, -0.1) is 0 Å². The third kappa shape index (κ3) is 2.74. The van der Waals surface area contributed by atoms with Crippen molar-refractivity contribution in [3.05, 3.63) is 42.5 Å². The van der Waals surface area contributed by atoms with E-state index in [-0.39, 0.29) is 11.9 Å². The standard InChI is InChI=1S/C15H17FN4O/c1-19(2)14-15(18-8-7-17-14)20-9-11(10-20)21-13-6-4-3-5-12(13)16/h3-8,11H,9-10H2,1-2H3. The number of ether oxygens (including phenoxy) is 1. The van der Waals surface area contributed by atoms with E-state index in [2.05, 4.69) is 14.9 Å². The zero-order chi connectivity index (χ0) is 14.8. The van der Waals surface area contributed by atoms with E-state index in [0.717, 1.165) is 11.6 Å². The number of halogens is 1. The Morgan fingerprint density at radius 1 is 1.19 bits per heavy atom. The van der Waals surface area contributed by atoms with Gasteiger partial charge in [0.05, 0.1) is 13.1 Å². The molecule has 0 aliphatic carbocycles. The molecule has 0 N–H and O–H groups in total. The van der Waals surface area contributed by atoms with E-state index in [1.165, 1.54) is 6.07 Å². The maximum Gasteiger partial charge on any atom is 0.172 e. The maximum atomic E-state index is 13.5. The van der Waals surface area contributed by atoms with Gasteiger partial charge in [-0.25, -0.2) is 14.4 Å². The minimum atomic E-state index is -0.329. The number of hydrogen-bond acceptors (Lipinski definition) is 5. The van der Waals surface area contributed by atoms with Gasteiger partial charge < -0.3 is 14.5 Å². The van der Waals surface area contributed by atoms with Crippen molar-refractivity contribution in [3.63, 3.8) is 0 Å². The lowest BCUT2D eigenvalue weighted by molar-refractivity contribution is 0.160. The summed E-state index contributed by atoms with van der Waals surface area (Å²) in [5, 5.41) is 0. The molecular formula is C15H17FN4O. The number of benzene rings is 1. The van der Waals surface area contributed by atoms with Crippen LogP contribution in [-0.4, -0.2) is 43.3 Å². The molecule has 2 aromatic rings. The predicted molar refractivity (Wildman–Crippen MR) is 79.4 cm³/mol. The molecule has 0 radical (unpaired) electrons. The molecule has 5 nitrogen and oxygen atoms in total. The average Bonchev–Trinajstić information content (AvgIpc) is 2.44. The lowest BCUT2D eigenvalue weighted by Crippen LogP contribution is -2.54. The van der Waals surface area contributed by atoms with Crippen molar-refractivity contribution in [3.8, 4) is 5.75 Å². The molecule has 1 aliphatic rings. The Hall–Kier alpha value is -2.37. The van der Waals surface area contributed by atoms with Crippen molar-refractivity contribution in [1.29, 1.82) is 0 Å². The van der Waals surface area contributed by atoms with Crippen molar-refractivity contribution in [2.24, 2.45) is 0 Å². The zero-order valence-corrected chi connectivity index (χ0v) is 12.0. The quantitative estimate of drug-likeness (QED) is 0.860. The van der Waals surface area contributed by atoms with Gasteiger partial charge in [-0.1, -0.05) is 12.1 Å². The Labute approximate surface area is 123 Å². The van der Waals surface area contributed by atoms with E-state index < -0.39 is 0 Å². The fourth-order valence-electron chi connectivity index (χ4n) is 2.27. The summed E-state index contributed by atoms with van der Waals surface area (Å²) in [6, 6.07) is 6.46. The van der Waals surface area contributed by atoms with Gasteiger partial charge in [-0.2, -0.15) is 0 Å². The Morgan fingerprint density at radius 2 is 1.90 bits per heavy atom. The smallest absolute Gasteiger partial charge is 0.172 e. The highest BCUT2D eigenvalue weighted by molar-refractivity contribution is 5.62. The fraction of sp³-hybridized carbons (Fsp3) is 0.333. The zero-order valence-electron chi connectivity index (χ0n) is 12.0. The summed E-state index contributed by atoms with van der Waals surface area (Å²) in [6.45, 7) is 1.35. The molecule has 0 saturated carbocycles. The first-order valence-corrected chi connectivity index (χ1v) is 6.79. The van der Waals surface area contributed by atoms with Crippen molar-refractivity contribution >= 4 is 11.6 Å². The molecular weight excluding hydrogens is 271 g/mol. The summed E-state index contributed by atoms with van der Waals surface area (Å²) in [7, 11) is 3.86. The van der Waals surface area contributed by atoms with Crippen LogP contribution < -0.4 is 14.5 Å². The van der Waals surface area contributed by atoms with Gasteiger partial charge in [0, 0.05) is 26.5 Å². The molecule has 6 heteroatoms. The molecule has 1 aliphatic heterocycles. The van der Waals surface area contributed by atoms with Crippen LogP contribution in [0.15, 0.2) is 36.7 Å². The second-order valence-electron chi connectivity index (χ2n) is 5.17. The van der Waals surface area contributed by atoms with Gasteiger partial charge in [0.15, 0.2) is 23.2 Å². The van der Waals surface area contributed by atoms with Crippen LogP contribution in [0.2, 0.25) is 0 Å². The number of anilines is 2. The van der Waals surface area contributed by atoms with Crippen LogP contribution in [0.3, 0.4) is 0 Å². The van der Waals surface area contributed by atoms with Crippen LogP contribution in [0.4, 0.5) is 16.0 Å². The predicted octanol–water partition coefficient (Wildman–Crippen LogP) is 1.95. The van der Waals surface area contributed by atoms with Crippen LogP contribution in [0.25, 0.3) is 0 Å². The van der Waals surface area contributed by atoms with Gasteiger partial charge in [0.1, 0.15) is 6.10 Å². The number of rotatable bonds is 4. The van der Waals surface area contributed by atoms with Crippen LogP contribution in [-0.2, 0) is 0 Å². The highest BCUT2D eigenvalue weighted by Gasteiger charge is 2.32. The van der Waals surface area contributed by atoms with Crippen LogP contribution >= 0.6 is 0 Å². The van der Waals surface area contributed by atoms with Gasteiger partial charge in [0.25, 0.3) is 0 Å². The normalized spacial score (nSPS) is 14.7. The molecule has 21 heavy (non-hydrogen) atoms. The second kappa shape index (κ2) is 5.55. The number of aromatic nitrogens is 2. The highest BCUT2D eigenvalue weighted by Crippen LogP contribution is 2.28. The van der Waals surface area contributed by atoms with Crippen LogP contribution in [0, 0.1) is 5.82 Å². The van der Waals surface area contributed by atoms with Gasteiger partial charge in [-0.3, -0.25) is 0 Å². The van der Waals surface area contributed by atoms with Gasteiger partial charge in [0.2, 0.25) is 0 Å². The molecule has 0 unspecified atom stereocenters. The largest absolute Gasteiger partial charge is 0.484 e. The maximum absolute atomic E-state index is 13.5. The van der Waals surface area contributed by atoms with Crippen molar-refractivity contribution < 1.29 is 9.13 Å². The molecule has 1 aromatic carbocycles. The lowest BCUT2D eigenvalue weighted by Gasteiger charge is -2.40. The van der Waals surface area contributed by atoms with E-state index in [1.54, 1.807) is 30.6 Å². The molecule has 0 spiro atoms. The first kappa shape index (κ1) is 13.6. The number of para-hydroxylation sites is 1. The summed E-state index contributed by atoms with van der Waals surface area (Å²) in [5.74, 6) is 1.62. The lowest BCUT2D eigenvalue weighted by atomic mass is 10.1. The number of hydrogen-bond donors (Lipinski definition) is 0. The minimum absolute atomic E-state index is 0.0288. The molecule has 1 fully saturated rings. The summed E-state index contributed by atoms with van der Waals surface area (Å²) in [4.78, 5) is 12.7. The summed E-state index contributed by atoms with van der Waals surface area (Å²) >= 11 is 0. The highest BCUT2D eigenvalue weighted by atomic mass is 19.1. The van der Waals surface area contributed by atoms with Crippen molar-refractivity contribution in [1.82, 2.24) is 9.97 Å². The summed E-state index contributed by atoms with van der Waals surface area (Å²) in [5.41, 5.74) is 0. The molecule has 0 amide bonds. The third-order valence-corrected chi connectivity index (χ3v) is 3.36. The minimum Gasteiger partial charge on any atom is -0.484 e. The monoisotopic (exact) mass is 288 g/mol.